The molecule has 1 aliphatic heterocycles. The summed E-state index contributed by atoms with van der Waals surface area (Å²) in [6, 6.07) is 7.58. The first-order chi connectivity index (χ1) is 9.61. The van der Waals surface area contributed by atoms with Crippen LogP contribution in [-0.4, -0.2) is 53.8 Å². The van der Waals surface area contributed by atoms with E-state index in [2.05, 4.69) is 11.8 Å². The first-order valence-electron chi connectivity index (χ1n) is 7.06. The summed E-state index contributed by atoms with van der Waals surface area (Å²) >= 11 is 0. The SMILES string of the molecule is CCOC(=O)N1CCN(C(C)c2ccc(O)cc2)CC1. The molecular weight excluding hydrogens is 256 g/mol. The van der Waals surface area contributed by atoms with Gasteiger partial charge in [-0.25, -0.2) is 4.79 Å². The largest absolute Gasteiger partial charge is 0.508 e. The Morgan fingerprint density at radius 3 is 2.40 bits per heavy atom. The summed E-state index contributed by atoms with van der Waals surface area (Å²) in [5, 5.41) is 9.32. The molecule has 0 radical (unpaired) electrons. The number of piperazine rings is 1. The zero-order valence-electron chi connectivity index (χ0n) is 12.1. The Bertz CT molecular complexity index is 439. The number of hydrogen-bond donors (Lipinski definition) is 1. The Morgan fingerprint density at radius 1 is 1.25 bits per heavy atom. The maximum absolute atomic E-state index is 11.6. The Balaban J connectivity index is 1.90. The third kappa shape index (κ3) is 3.42. The highest BCUT2D eigenvalue weighted by Crippen LogP contribution is 2.23. The summed E-state index contributed by atoms with van der Waals surface area (Å²) in [4.78, 5) is 15.7. The minimum atomic E-state index is -0.218. The molecule has 1 aromatic rings. The van der Waals surface area contributed by atoms with Crippen molar-refractivity contribution in [1.82, 2.24) is 9.80 Å². The van der Waals surface area contributed by atoms with Crippen LogP contribution in [-0.2, 0) is 4.74 Å². The number of phenols is 1. The van der Waals surface area contributed by atoms with Gasteiger partial charge in [0, 0.05) is 32.2 Å². The third-order valence-electron chi connectivity index (χ3n) is 3.76. The lowest BCUT2D eigenvalue weighted by Crippen LogP contribution is -2.49. The van der Waals surface area contributed by atoms with Gasteiger partial charge >= 0.3 is 6.09 Å². The zero-order chi connectivity index (χ0) is 14.5. The smallest absolute Gasteiger partial charge is 0.409 e. The number of carbonyl (C=O) groups is 1. The Hall–Kier alpha value is -1.75. The van der Waals surface area contributed by atoms with Gasteiger partial charge in [-0.15, -0.1) is 0 Å². The maximum atomic E-state index is 11.6. The number of benzene rings is 1. The predicted octanol–water partition coefficient (Wildman–Crippen LogP) is 2.23. The van der Waals surface area contributed by atoms with Gasteiger partial charge in [0.25, 0.3) is 0 Å². The summed E-state index contributed by atoms with van der Waals surface area (Å²) < 4.78 is 5.02. The van der Waals surface area contributed by atoms with Crippen LogP contribution in [0.25, 0.3) is 0 Å². The first kappa shape index (κ1) is 14.7. The number of amides is 1. The highest BCUT2D eigenvalue weighted by Gasteiger charge is 2.25. The van der Waals surface area contributed by atoms with Gasteiger partial charge in [0.15, 0.2) is 0 Å². The molecule has 0 aromatic heterocycles. The van der Waals surface area contributed by atoms with Crippen molar-refractivity contribution in [3.63, 3.8) is 0 Å². The van der Waals surface area contributed by atoms with Crippen LogP contribution in [0, 0.1) is 0 Å². The zero-order valence-corrected chi connectivity index (χ0v) is 12.1. The number of nitrogens with zero attached hydrogens (tertiary/aromatic N) is 2. The Labute approximate surface area is 119 Å². The van der Waals surface area contributed by atoms with Crippen LogP contribution in [0.1, 0.15) is 25.5 Å². The molecular formula is C15H22N2O3. The number of phenolic OH excluding ortho intramolecular Hbond substituents is 1. The van der Waals surface area contributed by atoms with Crippen molar-refractivity contribution in [3.8, 4) is 5.75 Å². The molecule has 0 spiro atoms. The fourth-order valence-electron chi connectivity index (χ4n) is 2.47. The van der Waals surface area contributed by atoms with Gasteiger partial charge < -0.3 is 14.7 Å². The average Bonchev–Trinajstić information content (AvgIpc) is 2.48. The van der Waals surface area contributed by atoms with E-state index in [1.807, 2.05) is 19.1 Å². The molecule has 0 saturated carbocycles. The number of aromatic hydroxyl groups is 1. The standard InChI is InChI=1S/C15H22N2O3/c1-3-20-15(19)17-10-8-16(9-11-17)12(2)13-4-6-14(18)7-5-13/h4-7,12,18H,3,8-11H2,1-2H3. The fraction of sp³-hybridized carbons (Fsp3) is 0.533. The summed E-state index contributed by atoms with van der Waals surface area (Å²) in [7, 11) is 0. The van der Waals surface area contributed by atoms with Crippen molar-refractivity contribution >= 4 is 6.09 Å². The van der Waals surface area contributed by atoms with Crippen molar-refractivity contribution in [2.24, 2.45) is 0 Å². The van der Waals surface area contributed by atoms with Gasteiger partial charge in [-0.1, -0.05) is 12.1 Å². The van der Waals surface area contributed by atoms with E-state index in [0.717, 1.165) is 13.1 Å². The molecule has 1 aromatic carbocycles. The summed E-state index contributed by atoms with van der Waals surface area (Å²) in [6.45, 7) is 7.45. The molecule has 2 rings (SSSR count). The highest BCUT2D eigenvalue weighted by atomic mass is 16.6. The molecule has 0 bridgehead atoms. The van der Waals surface area contributed by atoms with E-state index >= 15 is 0 Å². The molecule has 5 heteroatoms. The van der Waals surface area contributed by atoms with Crippen molar-refractivity contribution in [1.29, 1.82) is 0 Å². The minimum Gasteiger partial charge on any atom is -0.508 e. The molecule has 1 aliphatic rings. The van der Waals surface area contributed by atoms with Gasteiger partial charge in [-0.05, 0) is 31.5 Å². The molecule has 1 N–H and O–H groups in total. The van der Waals surface area contributed by atoms with Gasteiger partial charge in [0.05, 0.1) is 6.61 Å². The molecule has 1 unspecified atom stereocenters. The van der Waals surface area contributed by atoms with Crippen LogP contribution in [0.2, 0.25) is 0 Å². The molecule has 20 heavy (non-hydrogen) atoms. The lowest BCUT2D eigenvalue weighted by molar-refractivity contribution is 0.0686. The van der Waals surface area contributed by atoms with Crippen LogP contribution >= 0.6 is 0 Å². The van der Waals surface area contributed by atoms with Crippen molar-refractivity contribution in [2.45, 2.75) is 19.9 Å². The van der Waals surface area contributed by atoms with Crippen molar-refractivity contribution in [2.75, 3.05) is 32.8 Å². The lowest BCUT2D eigenvalue weighted by Gasteiger charge is -2.37. The lowest BCUT2D eigenvalue weighted by atomic mass is 10.1. The fourth-order valence-corrected chi connectivity index (χ4v) is 2.47. The summed E-state index contributed by atoms with van der Waals surface area (Å²) in [5.41, 5.74) is 1.17. The second kappa shape index (κ2) is 6.61. The van der Waals surface area contributed by atoms with Gasteiger partial charge in [-0.3, -0.25) is 4.90 Å². The first-order valence-corrected chi connectivity index (χ1v) is 7.06. The van der Waals surface area contributed by atoms with E-state index in [-0.39, 0.29) is 17.9 Å². The summed E-state index contributed by atoms with van der Waals surface area (Å²) in [6.07, 6.45) is -0.218. The van der Waals surface area contributed by atoms with E-state index < -0.39 is 0 Å². The van der Waals surface area contributed by atoms with Crippen LogP contribution in [0.15, 0.2) is 24.3 Å². The average molecular weight is 278 g/mol. The number of ether oxygens (including phenoxy) is 1. The van der Waals surface area contributed by atoms with Crippen LogP contribution in [0.4, 0.5) is 4.79 Å². The molecule has 1 fully saturated rings. The topological polar surface area (TPSA) is 53.0 Å². The maximum Gasteiger partial charge on any atom is 0.409 e. The molecule has 1 amide bonds. The second-order valence-corrected chi connectivity index (χ2v) is 4.99. The van der Waals surface area contributed by atoms with Crippen LogP contribution in [0.3, 0.4) is 0 Å². The third-order valence-corrected chi connectivity index (χ3v) is 3.76. The number of hydrogen-bond acceptors (Lipinski definition) is 4. The molecule has 1 atom stereocenters. The van der Waals surface area contributed by atoms with E-state index in [1.165, 1.54) is 5.56 Å². The van der Waals surface area contributed by atoms with E-state index in [4.69, 9.17) is 4.74 Å². The van der Waals surface area contributed by atoms with Crippen molar-refractivity contribution < 1.29 is 14.6 Å². The van der Waals surface area contributed by atoms with Gasteiger partial charge in [0.1, 0.15) is 5.75 Å². The normalized spacial score (nSPS) is 17.8. The second-order valence-electron chi connectivity index (χ2n) is 4.99. The quantitative estimate of drug-likeness (QED) is 0.921. The van der Waals surface area contributed by atoms with Crippen LogP contribution < -0.4 is 0 Å². The van der Waals surface area contributed by atoms with Crippen molar-refractivity contribution in [3.05, 3.63) is 29.8 Å². The molecule has 5 nitrogen and oxygen atoms in total. The van der Waals surface area contributed by atoms with E-state index in [9.17, 15) is 9.90 Å². The number of carbonyl (C=O) groups excluding carboxylic acids is 1. The Kier molecular flexibility index (Phi) is 4.84. The molecule has 1 heterocycles. The van der Waals surface area contributed by atoms with E-state index in [0.29, 0.717) is 19.7 Å². The molecule has 110 valence electrons. The van der Waals surface area contributed by atoms with E-state index in [1.54, 1.807) is 17.0 Å². The highest BCUT2D eigenvalue weighted by molar-refractivity contribution is 5.67. The van der Waals surface area contributed by atoms with Gasteiger partial charge in [0.2, 0.25) is 0 Å². The van der Waals surface area contributed by atoms with Gasteiger partial charge in [-0.2, -0.15) is 0 Å². The number of rotatable bonds is 3. The minimum absolute atomic E-state index is 0.218. The molecule has 1 saturated heterocycles. The van der Waals surface area contributed by atoms with Crippen LogP contribution in [0.5, 0.6) is 5.75 Å². The summed E-state index contributed by atoms with van der Waals surface area (Å²) in [5.74, 6) is 0.285. The monoisotopic (exact) mass is 278 g/mol. The molecule has 0 aliphatic carbocycles. The Morgan fingerprint density at radius 2 is 1.85 bits per heavy atom. The predicted molar refractivity (Wildman–Crippen MR) is 76.7 cm³/mol.